The Morgan fingerprint density at radius 1 is 1.05 bits per heavy atom. The Balaban J connectivity index is 2.11. The number of nitrogens with zero attached hydrogens (tertiary/aromatic N) is 2. The van der Waals surface area contributed by atoms with Crippen LogP contribution < -0.4 is 10.5 Å². The van der Waals surface area contributed by atoms with Crippen LogP contribution in [0.5, 0.6) is 11.6 Å². The Morgan fingerprint density at radius 2 is 1.89 bits per heavy atom. The van der Waals surface area contributed by atoms with Gasteiger partial charge in [-0.1, -0.05) is 30.3 Å². The van der Waals surface area contributed by atoms with E-state index in [4.69, 9.17) is 10.5 Å². The highest BCUT2D eigenvalue weighted by atomic mass is 16.5. The minimum Gasteiger partial charge on any atom is -0.435 e. The number of fused-ring (bicyclic) bond motifs is 1. The van der Waals surface area contributed by atoms with Crippen molar-refractivity contribution >= 4 is 16.5 Å². The molecule has 0 aliphatic rings. The van der Waals surface area contributed by atoms with Crippen LogP contribution in [0.1, 0.15) is 5.56 Å². The summed E-state index contributed by atoms with van der Waals surface area (Å²) in [6.07, 6.45) is 1.71. The van der Waals surface area contributed by atoms with Gasteiger partial charge in [-0.25, -0.2) is 0 Å². The number of rotatable bonds is 2. The van der Waals surface area contributed by atoms with Gasteiger partial charge in [-0.05, 0) is 24.6 Å². The van der Waals surface area contributed by atoms with Crippen LogP contribution >= 0.6 is 0 Å². The average Bonchev–Trinajstić information content (AvgIpc) is 2.43. The zero-order chi connectivity index (χ0) is 13.2. The van der Waals surface area contributed by atoms with E-state index in [0.29, 0.717) is 17.3 Å². The normalized spacial score (nSPS) is 10.6. The van der Waals surface area contributed by atoms with Gasteiger partial charge in [-0.15, -0.1) is 5.10 Å². The minimum atomic E-state index is 0.471. The van der Waals surface area contributed by atoms with E-state index in [2.05, 4.69) is 10.2 Å². The highest BCUT2D eigenvalue weighted by molar-refractivity contribution is 5.86. The number of anilines is 1. The monoisotopic (exact) mass is 251 g/mol. The molecule has 0 saturated heterocycles. The van der Waals surface area contributed by atoms with E-state index < -0.39 is 0 Å². The number of hydrogen-bond donors (Lipinski definition) is 1. The third kappa shape index (κ3) is 2.08. The second-order valence-corrected chi connectivity index (χ2v) is 4.33. The zero-order valence-corrected chi connectivity index (χ0v) is 10.5. The lowest BCUT2D eigenvalue weighted by Crippen LogP contribution is -1.97. The molecule has 0 fully saturated rings. The van der Waals surface area contributed by atoms with Gasteiger partial charge in [-0.3, -0.25) is 0 Å². The van der Waals surface area contributed by atoms with Crippen LogP contribution in [0.15, 0.2) is 48.7 Å². The maximum atomic E-state index is 5.94. The maximum Gasteiger partial charge on any atom is 0.246 e. The largest absolute Gasteiger partial charge is 0.435 e. The fourth-order valence-corrected chi connectivity index (χ4v) is 1.99. The van der Waals surface area contributed by atoms with E-state index in [1.165, 1.54) is 0 Å². The second-order valence-electron chi connectivity index (χ2n) is 4.33. The van der Waals surface area contributed by atoms with Crippen LogP contribution in [0.2, 0.25) is 0 Å². The van der Waals surface area contributed by atoms with E-state index in [0.717, 1.165) is 16.3 Å². The zero-order valence-electron chi connectivity index (χ0n) is 10.5. The standard InChI is InChI=1S/C15H13N3O/c1-10-5-4-8-13(16)14(10)19-15-12-7-3-2-6-11(12)9-17-18-15/h2-9H,16H2,1H3. The molecule has 3 aromatic rings. The number of nitrogens with two attached hydrogens (primary N) is 1. The van der Waals surface area contributed by atoms with Crippen molar-refractivity contribution in [1.29, 1.82) is 0 Å². The predicted octanol–water partition coefficient (Wildman–Crippen LogP) is 3.31. The molecule has 0 spiro atoms. The van der Waals surface area contributed by atoms with Gasteiger partial charge in [0, 0.05) is 10.8 Å². The molecule has 4 heteroatoms. The topological polar surface area (TPSA) is 61.0 Å². The number of aryl methyl sites for hydroxylation is 1. The molecule has 4 nitrogen and oxygen atoms in total. The lowest BCUT2D eigenvalue weighted by Gasteiger charge is -2.11. The molecule has 0 atom stereocenters. The summed E-state index contributed by atoms with van der Waals surface area (Å²) in [5.74, 6) is 1.10. The highest BCUT2D eigenvalue weighted by Crippen LogP contribution is 2.32. The maximum absolute atomic E-state index is 5.94. The molecule has 0 saturated carbocycles. The lowest BCUT2D eigenvalue weighted by molar-refractivity contribution is 0.461. The number of nitrogen functional groups attached to an aromatic ring is 1. The lowest BCUT2D eigenvalue weighted by atomic mass is 10.2. The van der Waals surface area contributed by atoms with Gasteiger partial charge in [0.2, 0.25) is 5.88 Å². The molecule has 0 aliphatic carbocycles. The molecule has 0 unspecified atom stereocenters. The summed E-state index contributed by atoms with van der Waals surface area (Å²) in [7, 11) is 0. The molecule has 0 amide bonds. The number of ether oxygens (including phenoxy) is 1. The van der Waals surface area contributed by atoms with Crippen LogP contribution in [0.3, 0.4) is 0 Å². The molecular weight excluding hydrogens is 238 g/mol. The van der Waals surface area contributed by atoms with Crippen molar-refractivity contribution in [2.24, 2.45) is 0 Å². The van der Waals surface area contributed by atoms with Gasteiger partial charge < -0.3 is 10.5 Å². The Bertz CT molecular complexity index is 715. The predicted molar refractivity (Wildman–Crippen MR) is 75.2 cm³/mol. The molecule has 0 aliphatic heterocycles. The first kappa shape index (κ1) is 11.5. The minimum absolute atomic E-state index is 0.471. The van der Waals surface area contributed by atoms with Gasteiger partial charge in [-0.2, -0.15) is 5.10 Å². The summed E-state index contributed by atoms with van der Waals surface area (Å²) in [5.41, 5.74) is 7.50. The summed E-state index contributed by atoms with van der Waals surface area (Å²) in [4.78, 5) is 0. The van der Waals surface area contributed by atoms with Gasteiger partial charge in [0.25, 0.3) is 0 Å². The number of aromatic nitrogens is 2. The van der Waals surface area contributed by atoms with Crippen molar-refractivity contribution < 1.29 is 4.74 Å². The van der Waals surface area contributed by atoms with Crippen LogP contribution in [-0.4, -0.2) is 10.2 Å². The van der Waals surface area contributed by atoms with Crippen LogP contribution in [0.25, 0.3) is 10.8 Å². The fraction of sp³-hybridized carbons (Fsp3) is 0.0667. The molecule has 2 aromatic carbocycles. The quantitative estimate of drug-likeness (QED) is 0.710. The number of para-hydroxylation sites is 1. The smallest absolute Gasteiger partial charge is 0.246 e. The molecule has 2 N–H and O–H groups in total. The fourth-order valence-electron chi connectivity index (χ4n) is 1.99. The highest BCUT2D eigenvalue weighted by Gasteiger charge is 2.09. The summed E-state index contributed by atoms with van der Waals surface area (Å²) in [6, 6.07) is 13.5. The van der Waals surface area contributed by atoms with Crippen molar-refractivity contribution in [3.63, 3.8) is 0 Å². The van der Waals surface area contributed by atoms with Crippen molar-refractivity contribution in [2.75, 3.05) is 5.73 Å². The second kappa shape index (κ2) is 4.57. The first-order valence-electron chi connectivity index (χ1n) is 5.99. The number of hydrogen-bond acceptors (Lipinski definition) is 4. The first-order chi connectivity index (χ1) is 9.25. The summed E-state index contributed by atoms with van der Waals surface area (Å²) < 4.78 is 5.85. The Hall–Kier alpha value is -2.62. The van der Waals surface area contributed by atoms with Gasteiger partial charge >= 0.3 is 0 Å². The van der Waals surface area contributed by atoms with E-state index in [1.807, 2.05) is 43.3 Å². The Morgan fingerprint density at radius 3 is 2.74 bits per heavy atom. The van der Waals surface area contributed by atoms with Crippen LogP contribution in [-0.2, 0) is 0 Å². The number of benzene rings is 2. The third-order valence-corrected chi connectivity index (χ3v) is 2.98. The molecular formula is C15H13N3O. The van der Waals surface area contributed by atoms with E-state index in [-0.39, 0.29) is 0 Å². The summed E-state index contributed by atoms with van der Waals surface area (Å²) >= 11 is 0. The molecule has 0 radical (unpaired) electrons. The van der Waals surface area contributed by atoms with Crippen molar-refractivity contribution in [1.82, 2.24) is 10.2 Å². The average molecular weight is 251 g/mol. The Kier molecular flexibility index (Phi) is 2.76. The summed E-state index contributed by atoms with van der Waals surface area (Å²) in [5, 5.41) is 9.91. The van der Waals surface area contributed by atoms with Crippen molar-refractivity contribution in [2.45, 2.75) is 6.92 Å². The van der Waals surface area contributed by atoms with E-state index >= 15 is 0 Å². The van der Waals surface area contributed by atoms with E-state index in [1.54, 1.807) is 12.3 Å². The van der Waals surface area contributed by atoms with Gasteiger partial charge in [0.15, 0.2) is 5.75 Å². The molecule has 94 valence electrons. The van der Waals surface area contributed by atoms with Crippen LogP contribution in [0.4, 0.5) is 5.69 Å². The molecule has 1 aromatic heterocycles. The summed E-state index contributed by atoms with van der Waals surface area (Å²) in [6.45, 7) is 1.95. The molecule has 19 heavy (non-hydrogen) atoms. The van der Waals surface area contributed by atoms with E-state index in [9.17, 15) is 0 Å². The van der Waals surface area contributed by atoms with Gasteiger partial charge in [0.1, 0.15) is 0 Å². The van der Waals surface area contributed by atoms with Crippen LogP contribution in [0, 0.1) is 6.92 Å². The molecule has 0 bridgehead atoms. The Labute approximate surface area is 110 Å². The SMILES string of the molecule is Cc1cccc(N)c1Oc1nncc2ccccc12. The van der Waals surface area contributed by atoms with Crippen molar-refractivity contribution in [3.05, 3.63) is 54.2 Å². The van der Waals surface area contributed by atoms with Crippen molar-refractivity contribution in [3.8, 4) is 11.6 Å². The molecule has 3 rings (SSSR count). The molecule has 1 heterocycles. The van der Waals surface area contributed by atoms with Gasteiger partial charge in [0.05, 0.1) is 11.9 Å². The first-order valence-corrected chi connectivity index (χ1v) is 5.99. The third-order valence-electron chi connectivity index (χ3n) is 2.98.